The van der Waals surface area contributed by atoms with E-state index in [2.05, 4.69) is 11.9 Å². The molecule has 1 aromatic rings. The minimum Gasteiger partial charge on any atom is -0.388 e. The van der Waals surface area contributed by atoms with Gasteiger partial charge in [-0.25, -0.2) is 0 Å². The number of benzene rings is 1. The van der Waals surface area contributed by atoms with E-state index in [1.807, 2.05) is 37.3 Å². The third kappa shape index (κ3) is 4.39. The highest BCUT2D eigenvalue weighted by atomic mass is 16.3. The van der Waals surface area contributed by atoms with Gasteiger partial charge in [0.2, 0.25) is 0 Å². The van der Waals surface area contributed by atoms with Gasteiger partial charge in [0.15, 0.2) is 0 Å². The van der Waals surface area contributed by atoms with E-state index < -0.39 is 6.10 Å². The van der Waals surface area contributed by atoms with Crippen LogP contribution in [0.5, 0.6) is 0 Å². The van der Waals surface area contributed by atoms with Crippen LogP contribution >= 0.6 is 0 Å². The first kappa shape index (κ1) is 16.2. The SMILES string of the molecule is CCC(=O)C[C@@H]1CCC[C@@H](C[C@H](O)c2ccccc2)N1C. The molecule has 0 amide bonds. The van der Waals surface area contributed by atoms with Crippen molar-refractivity contribution in [3.63, 3.8) is 0 Å². The average Bonchev–Trinajstić information content (AvgIpc) is 2.52. The van der Waals surface area contributed by atoms with Gasteiger partial charge in [-0.15, -0.1) is 0 Å². The normalized spacial score (nSPS) is 24.7. The number of rotatable bonds is 6. The number of ketones is 1. The third-order valence-electron chi connectivity index (χ3n) is 4.76. The molecule has 0 aromatic heterocycles. The van der Waals surface area contributed by atoms with Gasteiger partial charge in [-0.1, -0.05) is 43.7 Å². The summed E-state index contributed by atoms with van der Waals surface area (Å²) in [6.07, 6.45) is 4.97. The lowest BCUT2D eigenvalue weighted by atomic mass is 9.89. The summed E-state index contributed by atoms with van der Waals surface area (Å²) in [6.45, 7) is 1.93. The van der Waals surface area contributed by atoms with Crippen molar-refractivity contribution < 1.29 is 9.90 Å². The van der Waals surface area contributed by atoms with Crippen LogP contribution in [0.1, 0.15) is 57.1 Å². The van der Waals surface area contributed by atoms with E-state index in [0.717, 1.165) is 31.2 Å². The number of aliphatic hydroxyl groups excluding tert-OH is 1. The van der Waals surface area contributed by atoms with Gasteiger partial charge in [-0.3, -0.25) is 9.69 Å². The fourth-order valence-corrected chi connectivity index (χ4v) is 3.30. The van der Waals surface area contributed by atoms with Crippen molar-refractivity contribution in [2.45, 2.75) is 63.6 Å². The summed E-state index contributed by atoms with van der Waals surface area (Å²) in [5.41, 5.74) is 0.984. The number of likely N-dealkylation sites (tertiary alicyclic amines) is 1. The number of carbonyl (C=O) groups excluding carboxylic acids is 1. The smallest absolute Gasteiger partial charge is 0.134 e. The van der Waals surface area contributed by atoms with E-state index in [4.69, 9.17) is 0 Å². The fraction of sp³-hybridized carbons (Fsp3) is 0.611. The van der Waals surface area contributed by atoms with Gasteiger partial charge in [0.05, 0.1) is 6.10 Å². The van der Waals surface area contributed by atoms with Gasteiger partial charge in [0.25, 0.3) is 0 Å². The highest BCUT2D eigenvalue weighted by molar-refractivity contribution is 5.78. The second kappa shape index (κ2) is 7.71. The lowest BCUT2D eigenvalue weighted by molar-refractivity contribution is -0.120. The number of hydrogen-bond donors (Lipinski definition) is 1. The van der Waals surface area contributed by atoms with Crippen LogP contribution in [0.25, 0.3) is 0 Å². The number of carbonyl (C=O) groups is 1. The van der Waals surface area contributed by atoms with Gasteiger partial charge in [0, 0.05) is 24.9 Å². The predicted octanol–water partition coefficient (Wildman–Crippen LogP) is 3.33. The Balaban J connectivity index is 1.94. The maximum Gasteiger partial charge on any atom is 0.134 e. The molecule has 0 bridgehead atoms. The summed E-state index contributed by atoms with van der Waals surface area (Å²) in [5, 5.41) is 10.4. The zero-order chi connectivity index (χ0) is 15.2. The van der Waals surface area contributed by atoms with E-state index in [0.29, 0.717) is 30.7 Å². The lowest BCUT2D eigenvalue weighted by Gasteiger charge is -2.40. The van der Waals surface area contributed by atoms with E-state index in [1.54, 1.807) is 0 Å². The first-order valence-electron chi connectivity index (χ1n) is 8.08. The number of hydrogen-bond acceptors (Lipinski definition) is 3. The molecule has 0 aliphatic carbocycles. The first-order chi connectivity index (χ1) is 10.1. The Hall–Kier alpha value is -1.19. The van der Waals surface area contributed by atoms with Crippen LogP contribution in [-0.2, 0) is 4.79 Å². The minimum atomic E-state index is -0.417. The van der Waals surface area contributed by atoms with Gasteiger partial charge in [-0.05, 0) is 31.9 Å². The summed E-state index contributed by atoms with van der Waals surface area (Å²) in [5.74, 6) is 0.344. The molecule has 116 valence electrons. The van der Waals surface area contributed by atoms with Crippen molar-refractivity contribution in [2.24, 2.45) is 0 Å². The monoisotopic (exact) mass is 289 g/mol. The van der Waals surface area contributed by atoms with Crippen molar-refractivity contribution >= 4 is 5.78 Å². The number of piperidine rings is 1. The van der Waals surface area contributed by atoms with Crippen molar-refractivity contribution in [1.29, 1.82) is 0 Å². The van der Waals surface area contributed by atoms with Crippen LogP contribution in [-0.4, -0.2) is 34.9 Å². The van der Waals surface area contributed by atoms with Gasteiger partial charge in [-0.2, -0.15) is 0 Å². The number of Topliss-reactive ketones (excluding diaryl/α,β-unsaturated/α-hetero) is 1. The Labute approximate surface area is 128 Å². The molecule has 2 rings (SSSR count). The van der Waals surface area contributed by atoms with Crippen molar-refractivity contribution in [3.05, 3.63) is 35.9 Å². The topological polar surface area (TPSA) is 40.5 Å². The number of nitrogens with zero attached hydrogens (tertiary/aromatic N) is 1. The minimum absolute atomic E-state index is 0.344. The van der Waals surface area contributed by atoms with Crippen LogP contribution < -0.4 is 0 Å². The molecule has 3 nitrogen and oxygen atoms in total. The Morgan fingerprint density at radius 1 is 1.29 bits per heavy atom. The molecule has 1 heterocycles. The standard InChI is InChI=1S/C18H27NO2/c1-3-17(20)12-15-10-7-11-16(19(15)2)13-18(21)14-8-5-4-6-9-14/h4-6,8-9,15-16,18,21H,3,7,10-13H2,1-2H3/t15-,16-,18-/m0/s1. The summed E-state index contributed by atoms with van der Waals surface area (Å²) >= 11 is 0. The lowest BCUT2D eigenvalue weighted by Crippen LogP contribution is -2.45. The second-order valence-corrected chi connectivity index (χ2v) is 6.16. The molecule has 0 unspecified atom stereocenters. The molecular formula is C18H27NO2. The molecule has 1 saturated heterocycles. The largest absolute Gasteiger partial charge is 0.388 e. The molecule has 3 atom stereocenters. The first-order valence-corrected chi connectivity index (χ1v) is 8.08. The quantitative estimate of drug-likeness (QED) is 0.873. The van der Waals surface area contributed by atoms with Crippen molar-refractivity contribution in [2.75, 3.05) is 7.05 Å². The van der Waals surface area contributed by atoms with Crippen LogP contribution in [0.2, 0.25) is 0 Å². The Kier molecular flexibility index (Phi) is 5.95. The molecule has 1 aliphatic heterocycles. The predicted molar refractivity (Wildman–Crippen MR) is 85.1 cm³/mol. The van der Waals surface area contributed by atoms with Gasteiger partial charge >= 0.3 is 0 Å². The second-order valence-electron chi connectivity index (χ2n) is 6.16. The van der Waals surface area contributed by atoms with E-state index in [-0.39, 0.29) is 0 Å². The zero-order valence-electron chi connectivity index (χ0n) is 13.2. The molecule has 0 spiro atoms. The maximum absolute atomic E-state index is 11.7. The summed E-state index contributed by atoms with van der Waals surface area (Å²) in [6, 6.07) is 10.6. The fourth-order valence-electron chi connectivity index (χ4n) is 3.30. The molecule has 1 fully saturated rings. The molecule has 0 saturated carbocycles. The summed E-state index contributed by atoms with van der Waals surface area (Å²) < 4.78 is 0. The van der Waals surface area contributed by atoms with Crippen LogP contribution in [0.15, 0.2) is 30.3 Å². The molecule has 1 N–H and O–H groups in total. The molecule has 21 heavy (non-hydrogen) atoms. The van der Waals surface area contributed by atoms with Gasteiger partial charge < -0.3 is 5.11 Å². The van der Waals surface area contributed by atoms with E-state index in [9.17, 15) is 9.90 Å². The maximum atomic E-state index is 11.7. The molecule has 0 radical (unpaired) electrons. The average molecular weight is 289 g/mol. The van der Waals surface area contributed by atoms with E-state index >= 15 is 0 Å². The zero-order valence-corrected chi connectivity index (χ0v) is 13.2. The van der Waals surface area contributed by atoms with E-state index in [1.165, 1.54) is 0 Å². The van der Waals surface area contributed by atoms with Crippen LogP contribution in [0.4, 0.5) is 0 Å². The number of aliphatic hydroxyl groups is 1. The third-order valence-corrected chi connectivity index (χ3v) is 4.76. The van der Waals surface area contributed by atoms with Crippen molar-refractivity contribution in [3.8, 4) is 0 Å². The Bertz CT molecular complexity index is 446. The van der Waals surface area contributed by atoms with Crippen molar-refractivity contribution in [1.82, 2.24) is 4.90 Å². The van der Waals surface area contributed by atoms with Crippen LogP contribution in [0, 0.1) is 0 Å². The summed E-state index contributed by atoms with van der Waals surface area (Å²) in [7, 11) is 2.11. The Morgan fingerprint density at radius 3 is 2.62 bits per heavy atom. The highest BCUT2D eigenvalue weighted by Crippen LogP contribution is 2.30. The highest BCUT2D eigenvalue weighted by Gasteiger charge is 2.30. The molecular weight excluding hydrogens is 262 g/mol. The summed E-state index contributed by atoms with van der Waals surface area (Å²) in [4.78, 5) is 14.0. The van der Waals surface area contributed by atoms with Crippen LogP contribution in [0.3, 0.4) is 0 Å². The van der Waals surface area contributed by atoms with Gasteiger partial charge in [0.1, 0.15) is 5.78 Å². The molecule has 1 aromatic carbocycles. The molecule has 1 aliphatic rings. The Morgan fingerprint density at radius 2 is 1.95 bits per heavy atom. The molecule has 3 heteroatoms.